The summed E-state index contributed by atoms with van der Waals surface area (Å²) < 4.78 is 71.2. The molecule has 0 aliphatic heterocycles. The second-order valence-corrected chi connectivity index (χ2v) is 6.64. The molecule has 2 heterocycles. The largest absolute Gasteiger partial charge is 0.573 e. The third kappa shape index (κ3) is 4.16. The van der Waals surface area contributed by atoms with Crippen LogP contribution in [0.3, 0.4) is 0 Å². The van der Waals surface area contributed by atoms with E-state index in [2.05, 4.69) is 30.2 Å². The molecule has 7 nitrogen and oxygen atoms in total. The Balaban J connectivity index is 1.55. The maximum absolute atomic E-state index is 12.6. The molecular weight excluding hydrogens is 413 g/mol. The molecule has 1 aliphatic carbocycles. The number of hydrogen-bond acceptors (Lipinski definition) is 7. The van der Waals surface area contributed by atoms with Gasteiger partial charge in [-0.25, -0.2) is 9.97 Å². The fourth-order valence-corrected chi connectivity index (χ4v) is 3.17. The molecular formula is C18H14F5N5O2. The first-order valence-corrected chi connectivity index (χ1v) is 8.84. The van der Waals surface area contributed by atoms with Gasteiger partial charge in [0.05, 0.1) is 5.54 Å². The van der Waals surface area contributed by atoms with Crippen LogP contribution in [0.15, 0.2) is 40.9 Å². The Hall–Kier alpha value is -3.31. The fraction of sp³-hybridized carbons (Fsp3) is 0.333. The number of anilines is 1. The Morgan fingerprint density at radius 1 is 1.07 bits per heavy atom. The van der Waals surface area contributed by atoms with Gasteiger partial charge in [0, 0.05) is 6.20 Å². The molecule has 0 amide bonds. The molecule has 2 aromatic heterocycles. The molecule has 0 bridgehead atoms. The van der Waals surface area contributed by atoms with E-state index in [-0.39, 0.29) is 23.3 Å². The van der Waals surface area contributed by atoms with Crippen molar-refractivity contribution in [2.24, 2.45) is 0 Å². The zero-order valence-electron chi connectivity index (χ0n) is 15.2. The van der Waals surface area contributed by atoms with Crippen LogP contribution in [0.4, 0.5) is 27.9 Å². The maximum Gasteiger partial charge on any atom is 0.573 e. The summed E-state index contributed by atoms with van der Waals surface area (Å²) >= 11 is 0. The van der Waals surface area contributed by atoms with Crippen LogP contribution in [0.25, 0.3) is 11.6 Å². The Kier molecular flexibility index (Phi) is 5.00. The van der Waals surface area contributed by atoms with E-state index in [0.29, 0.717) is 12.8 Å². The standard InChI is InChI=1S/C18H14F5N5O2/c19-13(20)15-28-27-14(29-15)12-6-9-24-16(25-12)26-17(7-1-8-17)10-2-4-11(5-3-10)30-18(21,22)23/h2-6,9,13H,1,7-8H2,(H,24,25,26). The number of halogens is 5. The monoisotopic (exact) mass is 427 g/mol. The molecule has 158 valence electrons. The average Bonchev–Trinajstić information content (AvgIpc) is 3.15. The summed E-state index contributed by atoms with van der Waals surface area (Å²) in [7, 11) is 0. The molecule has 4 rings (SSSR count). The summed E-state index contributed by atoms with van der Waals surface area (Å²) in [5.41, 5.74) is 0.337. The molecule has 1 aromatic carbocycles. The molecule has 0 atom stereocenters. The van der Waals surface area contributed by atoms with Gasteiger partial charge >= 0.3 is 12.8 Å². The van der Waals surface area contributed by atoms with E-state index in [9.17, 15) is 22.0 Å². The minimum absolute atomic E-state index is 0.162. The van der Waals surface area contributed by atoms with Crippen LogP contribution < -0.4 is 10.1 Å². The van der Waals surface area contributed by atoms with Crippen LogP contribution in [-0.2, 0) is 5.54 Å². The predicted octanol–water partition coefficient (Wildman–Crippen LogP) is 4.85. The minimum atomic E-state index is -4.76. The lowest BCUT2D eigenvalue weighted by Gasteiger charge is -2.43. The van der Waals surface area contributed by atoms with E-state index in [1.165, 1.54) is 24.4 Å². The lowest BCUT2D eigenvalue weighted by Crippen LogP contribution is -2.42. The third-order valence-corrected chi connectivity index (χ3v) is 4.70. The van der Waals surface area contributed by atoms with Crippen molar-refractivity contribution in [2.75, 3.05) is 5.32 Å². The van der Waals surface area contributed by atoms with Crippen molar-refractivity contribution in [1.29, 1.82) is 0 Å². The first-order valence-electron chi connectivity index (χ1n) is 8.84. The smallest absolute Gasteiger partial charge is 0.414 e. The van der Waals surface area contributed by atoms with Crippen LogP contribution in [0.2, 0.25) is 0 Å². The van der Waals surface area contributed by atoms with Crippen LogP contribution >= 0.6 is 0 Å². The maximum atomic E-state index is 12.6. The Morgan fingerprint density at radius 3 is 2.37 bits per heavy atom. The van der Waals surface area contributed by atoms with E-state index in [4.69, 9.17) is 4.42 Å². The van der Waals surface area contributed by atoms with Crippen LogP contribution in [0.5, 0.6) is 5.75 Å². The number of aromatic nitrogens is 4. The molecule has 1 fully saturated rings. The molecule has 1 saturated carbocycles. The molecule has 30 heavy (non-hydrogen) atoms. The summed E-state index contributed by atoms with van der Waals surface area (Å²) in [5, 5.41) is 10.0. The van der Waals surface area contributed by atoms with Gasteiger partial charge in [-0.1, -0.05) is 12.1 Å². The normalized spacial score (nSPS) is 15.7. The quantitative estimate of drug-likeness (QED) is 0.563. The van der Waals surface area contributed by atoms with Crippen molar-refractivity contribution in [3.63, 3.8) is 0 Å². The number of rotatable bonds is 6. The van der Waals surface area contributed by atoms with Crippen molar-refractivity contribution in [3.8, 4) is 17.3 Å². The van der Waals surface area contributed by atoms with E-state index >= 15 is 0 Å². The highest BCUT2D eigenvalue weighted by Gasteiger charge is 2.40. The molecule has 0 saturated heterocycles. The van der Waals surface area contributed by atoms with Gasteiger partial charge in [0.25, 0.3) is 11.8 Å². The third-order valence-electron chi connectivity index (χ3n) is 4.70. The highest BCUT2D eigenvalue weighted by Crippen LogP contribution is 2.44. The number of hydrogen-bond donors (Lipinski definition) is 1. The van der Waals surface area contributed by atoms with Gasteiger partial charge in [0.15, 0.2) is 0 Å². The first kappa shape index (κ1) is 20.0. The molecule has 0 radical (unpaired) electrons. The fourth-order valence-electron chi connectivity index (χ4n) is 3.17. The van der Waals surface area contributed by atoms with Crippen molar-refractivity contribution in [2.45, 2.75) is 37.6 Å². The summed E-state index contributed by atoms with van der Waals surface area (Å²) in [6.45, 7) is 0. The Labute approximate surface area is 166 Å². The Morgan fingerprint density at radius 2 is 1.80 bits per heavy atom. The van der Waals surface area contributed by atoms with E-state index in [1.54, 1.807) is 12.1 Å². The van der Waals surface area contributed by atoms with E-state index < -0.39 is 24.2 Å². The average molecular weight is 427 g/mol. The second-order valence-electron chi connectivity index (χ2n) is 6.64. The van der Waals surface area contributed by atoms with Gasteiger partial charge in [-0.2, -0.15) is 8.78 Å². The predicted molar refractivity (Wildman–Crippen MR) is 92.6 cm³/mol. The topological polar surface area (TPSA) is 86.0 Å². The lowest BCUT2D eigenvalue weighted by molar-refractivity contribution is -0.274. The first-order chi connectivity index (χ1) is 14.2. The zero-order chi connectivity index (χ0) is 21.4. The van der Waals surface area contributed by atoms with Gasteiger partial charge in [0.2, 0.25) is 5.95 Å². The van der Waals surface area contributed by atoms with Crippen molar-refractivity contribution >= 4 is 5.95 Å². The van der Waals surface area contributed by atoms with Crippen molar-refractivity contribution < 1.29 is 31.1 Å². The minimum Gasteiger partial charge on any atom is -0.414 e. The number of nitrogens with zero attached hydrogens (tertiary/aromatic N) is 4. The van der Waals surface area contributed by atoms with Gasteiger partial charge < -0.3 is 14.5 Å². The lowest BCUT2D eigenvalue weighted by atomic mass is 9.72. The molecule has 12 heteroatoms. The number of nitrogens with one attached hydrogen (secondary N) is 1. The van der Waals surface area contributed by atoms with Crippen LogP contribution in [-0.4, -0.2) is 26.5 Å². The highest BCUT2D eigenvalue weighted by molar-refractivity contribution is 5.50. The van der Waals surface area contributed by atoms with Gasteiger partial charge in [-0.3, -0.25) is 0 Å². The van der Waals surface area contributed by atoms with Crippen LogP contribution in [0.1, 0.15) is 37.1 Å². The zero-order valence-corrected chi connectivity index (χ0v) is 15.2. The second kappa shape index (κ2) is 7.50. The SMILES string of the molecule is FC(F)c1nnc(-c2ccnc(NC3(c4ccc(OC(F)(F)F)cc4)CCC3)n2)o1. The molecule has 3 aromatic rings. The highest BCUT2D eigenvalue weighted by atomic mass is 19.4. The Bertz CT molecular complexity index is 1020. The molecule has 1 N–H and O–H groups in total. The molecule has 0 unspecified atom stereocenters. The number of alkyl halides is 5. The summed E-state index contributed by atoms with van der Waals surface area (Å²) in [5.74, 6) is -1.10. The summed E-state index contributed by atoms with van der Waals surface area (Å²) in [4.78, 5) is 8.37. The van der Waals surface area contributed by atoms with Gasteiger partial charge in [-0.05, 0) is 43.0 Å². The summed E-state index contributed by atoms with van der Waals surface area (Å²) in [6.07, 6.45) is -3.94. The summed E-state index contributed by atoms with van der Waals surface area (Å²) in [6, 6.07) is 7.01. The van der Waals surface area contributed by atoms with Gasteiger partial charge in [0.1, 0.15) is 11.4 Å². The van der Waals surface area contributed by atoms with Crippen molar-refractivity contribution in [3.05, 3.63) is 48.0 Å². The number of benzene rings is 1. The number of ether oxygens (including phenoxy) is 1. The van der Waals surface area contributed by atoms with Gasteiger partial charge in [-0.15, -0.1) is 23.4 Å². The van der Waals surface area contributed by atoms with Crippen LogP contribution in [0, 0.1) is 0 Å². The molecule has 0 spiro atoms. The van der Waals surface area contributed by atoms with E-state index in [1.807, 2.05) is 0 Å². The van der Waals surface area contributed by atoms with Crippen molar-refractivity contribution in [1.82, 2.24) is 20.2 Å². The van der Waals surface area contributed by atoms with E-state index in [0.717, 1.165) is 12.0 Å². The molecule has 1 aliphatic rings.